The molecule has 1 fully saturated rings. The van der Waals surface area contributed by atoms with Gasteiger partial charge in [-0.2, -0.15) is 4.98 Å². The third-order valence-electron chi connectivity index (χ3n) is 4.12. The lowest BCUT2D eigenvalue weighted by atomic mass is 9.98. The maximum Gasteiger partial charge on any atom is 0.242 e. The van der Waals surface area contributed by atoms with Crippen molar-refractivity contribution in [2.24, 2.45) is 0 Å². The molecular weight excluding hydrogens is 312 g/mol. The van der Waals surface area contributed by atoms with Crippen molar-refractivity contribution in [3.63, 3.8) is 0 Å². The minimum Gasteiger partial charge on any atom is -0.473 e. The van der Waals surface area contributed by atoms with Crippen molar-refractivity contribution in [2.75, 3.05) is 11.1 Å². The molecule has 1 aromatic heterocycles. The third kappa shape index (κ3) is 3.85. The van der Waals surface area contributed by atoms with E-state index < -0.39 is 0 Å². The van der Waals surface area contributed by atoms with Gasteiger partial charge in [0.15, 0.2) is 5.82 Å². The molecule has 0 atom stereocenters. The standard InChI is InChI=1S/C17H21ClN4O/c1-11-9-12(18)7-8-14(11)22-16-15(19)17(21-10-20-16)23-13-5-3-2-4-6-13/h7-10,13H,2-6,19H2,1H3,(H,20,21,22). The van der Waals surface area contributed by atoms with Gasteiger partial charge in [-0.25, -0.2) is 4.98 Å². The fourth-order valence-electron chi connectivity index (χ4n) is 2.81. The van der Waals surface area contributed by atoms with Crippen molar-refractivity contribution < 1.29 is 4.74 Å². The minimum atomic E-state index is 0.200. The van der Waals surface area contributed by atoms with Gasteiger partial charge in [0, 0.05) is 10.7 Å². The molecule has 0 unspecified atom stereocenters. The van der Waals surface area contributed by atoms with Gasteiger partial charge in [0.25, 0.3) is 0 Å². The number of aryl methyl sites for hydroxylation is 1. The van der Waals surface area contributed by atoms with Crippen LogP contribution in [0.4, 0.5) is 17.2 Å². The van der Waals surface area contributed by atoms with Crippen LogP contribution in [0.2, 0.25) is 5.02 Å². The number of aromatic nitrogens is 2. The Morgan fingerprint density at radius 3 is 2.74 bits per heavy atom. The predicted octanol–water partition coefficient (Wildman–Crippen LogP) is 4.48. The van der Waals surface area contributed by atoms with Gasteiger partial charge in [-0.15, -0.1) is 0 Å². The number of hydrogen-bond donors (Lipinski definition) is 2. The van der Waals surface area contributed by atoms with Crippen LogP contribution in [0.3, 0.4) is 0 Å². The Morgan fingerprint density at radius 2 is 2.00 bits per heavy atom. The summed E-state index contributed by atoms with van der Waals surface area (Å²) in [4.78, 5) is 8.42. The van der Waals surface area contributed by atoms with Crippen LogP contribution in [0, 0.1) is 6.92 Å². The van der Waals surface area contributed by atoms with E-state index in [1.807, 2.05) is 25.1 Å². The van der Waals surface area contributed by atoms with E-state index in [2.05, 4.69) is 15.3 Å². The topological polar surface area (TPSA) is 73.1 Å². The monoisotopic (exact) mass is 332 g/mol. The Hall–Kier alpha value is -2.01. The summed E-state index contributed by atoms with van der Waals surface area (Å²) >= 11 is 5.99. The van der Waals surface area contributed by atoms with Gasteiger partial charge in [0.05, 0.1) is 0 Å². The molecule has 0 radical (unpaired) electrons. The molecule has 1 aromatic carbocycles. The fourth-order valence-corrected chi connectivity index (χ4v) is 3.04. The summed E-state index contributed by atoms with van der Waals surface area (Å²) in [5, 5.41) is 3.93. The molecule has 0 spiro atoms. The Bertz CT molecular complexity index is 686. The lowest BCUT2D eigenvalue weighted by Gasteiger charge is -2.23. The number of nitrogen functional groups attached to an aromatic ring is 1. The molecule has 1 aliphatic rings. The Morgan fingerprint density at radius 1 is 1.22 bits per heavy atom. The second-order valence-corrected chi connectivity index (χ2v) is 6.34. The molecule has 0 amide bonds. The average molecular weight is 333 g/mol. The van der Waals surface area contributed by atoms with Crippen LogP contribution in [-0.2, 0) is 0 Å². The first-order chi connectivity index (χ1) is 11.1. The predicted molar refractivity (Wildman–Crippen MR) is 93.4 cm³/mol. The first-order valence-corrected chi connectivity index (χ1v) is 8.31. The Balaban J connectivity index is 1.78. The summed E-state index contributed by atoms with van der Waals surface area (Å²) in [5.41, 5.74) is 8.55. The lowest BCUT2D eigenvalue weighted by molar-refractivity contribution is 0.149. The number of nitrogens with one attached hydrogen (secondary N) is 1. The quantitative estimate of drug-likeness (QED) is 0.863. The SMILES string of the molecule is Cc1cc(Cl)ccc1Nc1ncnc(OC2CCCCC2)c1N. The van der Waals surface area contributed by atoms with Gasteiger partial charge in [-0.1, -0.05) is 18.0 Å². The molecule has 6 heteroatoms. The highest BCUT2D eigenvalue weighted by Gasteiger charge is 2.18. The average Bonchev–Trinajstić information content (AvgIpc) is 2.54. The number of benzene rings is 1. The highest BCUT2D eigenvalue weighted by molar-refractivity contribution is 6.30. The van der Waals surface area contributed by atoms with E-state index in [1.54, 1.807) is 0 Å². The molecule has 1 heterocycles. The fraction of sp³-hybridized carbons (Fsp3) is 0.412. The molecule has 23 heavy (non-hydrogen) atoms. The second kappa shape index (κ2) is 7.04. The van der Waals surface area contributed by atoms with E-state index in [1.165, 1.54) is 25.6 Å². The maximum absolute atomic E-state index is 6.19. The summed E-state index contributed by atoms with van der Waals surface area (Å²) in [7, 11) is 0. The number of rotatable bonds is 4. The number of anilines is 3. The number of nitrogens with two attached hydrogens (primary N) is 1. The number of hydrogen-bond acceptors (Lipinski definition) is 5. The summed E-state index contributed by atoms with van der Waals surface area (Å²) in [5.74, 6) is 1.01. The molecule has 122 valence electrons. The van der Waals surface area contributed by atoms with Crippen LogP contribution in [0.25, 0.3) is 0 Å². The van der Waals surface area contributed by atoms with Crippen LogP contribution in [0.15, 0.2) is 24.5 Å². The Kier molecular flexibility index (Phi) is 4.86. The van der Waals surface area contributed by atoms with Crippen LogP contribution in [-0.4, -0.2) is 16.1 Å². The molecule has 0 saturated heterocycles. The smallest absolute Gasteiger partial charge is 0.242 e. The van der Waals surface area contributed by atoms with E-state index in [0.29, 0.717) is 22.4 Å². The van der Waals surface area contributed by atoms with Crippen LogP contribution in [0.5, 0.6) is 5.88 Å². The van der Waals surface area contributed by atoms with Crippen molar-refractivity contribution in [3.8, 4) is 5.88 Å². The van der Waals surface area contributed by atoms with Crippen LogP contribution in [0.1, 0.15) is 37.7 Å². The highest BCUT2D eigenvalue weighted by atomic mass is 35.5. The molecule has 1 aliphatic carbocycles. The molecule has 0 bridgehead atoms. The first kappa shape index (κ1) is 15.9. The van der Waals surface area contributed by atoms with Crippen LogP contribution < -0.4 is 15.8 Å². The number of nitrogens with zero attached hydrogens (tertiary/aromatic N) is 2. The van der Waals surface area contributed by atoms with E-state index in [0.717, 1.165) is 24.1 Å². The molecule has 3 N–H and O–H groups in total. The molecule has 2 aromatic rings. The first-order valence-electron chi connectivity index (χ1n) is 7.94. The van der Waals surface area contributed by atoms with Crippen molar-refractivity contribution >= 4 is 28.8 Å². The summed E-state index contributed by atoms with van der Waals surface area (Å²) in [6.45, 7) is 1.98. The van der Waals surface area contributed by atoms with Gasteiger partial charge < -0.3 is 15.8 Å². The molecule has 5 nitrogen and oxygen atoms in total. The van der Waals surface area contributed by atoms with Crippen molar-refractivity contribution in [3.05, 3.63) is 35.1 Å². The van der Waals surface area contributed by atoms with Crippen LogP contribution >= 0.6 is 11.6 Å². The zero-order valence-electron chi connectivity index (χ0n) is 13.2. The normalized spacial score (nSPS) is 15.4. The summed E-state index contributed by atoms with van der Waals surface area (Å²) < 4.78 is 5.98. The van der Waals surface area contributed by atoms with E-state index in [-0.39, 0.29) is 6.10 Å². The highest BCUT2D eigenvalue weighted by Crippen LogP contribution is 2.31. The largest absolute Gasteiger partial charge is 0.473 e. The van der Waals surface area contributed by atoms with Gasteiger partial charge in [-0.05, 0) is 56.4 Å². The van der Waals surface area contributed by atoms with E-state index in [4.69, 9.17) is 22.1 Å². The summed E-state index contributed by atoms with van der Waals surface area (Å²) in [6, 6.07) is 5.62. The Labute approximate surface area is 141 Å². The zero-order chi connectivity index (χ0) is 16.2. The van der Waals surface area contributed by atoms with Gasteiger partial charge >= 0.3 is 0 Å². The zero-order valence-corrected chi connectivity index (χ0v) is 13.9. The van der Waals surface area contributed by atoms with Crippen molar-refractivity contribution in [1.82, 2.24) is 9.97 Å². The maximum atomic E-state index is 6.19. The molecule has 3 rings (SSSR count). The molecular formula is C17H21ClN4O. The number of halogens is 1. The number of ether oxygens (including phenoxy) is 1. The molecule has 1 saturated carbocycles. The van der Waals surface area contributed by atoms with E-state index >= 15 is 0 Å². The summed E-state index contributed by atoms with van der Waals surface area (Å²) in [6.07, 6.45) is 7.47. The van der Waals surface area contributed by atoms with Gasteiger partial charge in [0.2, 0.25) is 5.88 Å². The van der Waals surface area contributed by atoms with Gasteiger partial charge in [-0.3, -0.25) is 0 Å². The van der Waals surface area contributed by atoms with Crippen molar-refractivity contribution in [2.45, 2.75) is 45.1 Å². The van der Waals surface area contributed by atoms with E-state index in [9.17, 15) is 0 Å². The minimum absolute atomic E-state index is 0.200. The molecule has 0 aliphatic heterocycles. The second-order valence-electron chi connectivity index (χ2n) is 5.90. The third-order valence-corrected chi connectivity index (χ3v) is 4.35. The lowest BCUT2D eigenvalue weighted by Crippen LogP contribution is -2.21. The van der Waals surface area contributed by atoms with Crippen molar-refractivity contribution in [1.29, 1.82) is 0 Å². The van der Waals surface area contributed by atoms with Gasteiger partial charge in [0.1, 0.15) is 18.1 Å².